The summed E-state index contributed by atoms with van der Waals surface area (Å²) in [5, 5.41) is 3.70. The first-order chi connectivity index (χ1) is 10.2. The molecule has 1 N–H and O–H groups in total. The molecule has 2 fully saturated rings. The Morgan fingerprint density at radius 1 is 1.05 bits per heavy atom. The molecule has 0 heterocycles. The predicted molar refractivity (Wildman–Crippen MR) is 93.7 cm³/mol. The molecule has 1 aromatic carbocycles. The molecule has 21 heavy (non-hydrogen) atoms. The van der Waals surface area contributed by atoms with E-state index >= 15 is 0 Å². The molecular weight excluding hydrogens is 322 g/mol. The topological polar surface area (TPSA) is 12.0 Å². The lowest BCUT2D eigenvalue weighted by Crippen LogP contribution is -2.55. The summed E-state index contributed by atoms with van der Waals surface area (Å²) in [6.45, 7) is 4.55. The number of benzene rings is 1. The monoisotopic (exact) mass is 349 g/mol. The highest BCUT2D eigenvalue weighted by Crippen LogP contribution is 2.61. The van der Waals surface area contributed by atoms with Crippen LogP contribution < -0.4 is 5.32 Å². The van der Waals surface area contributed by atoms with Gasteiger partial charge in [-0.25, -0.2) is 0 Å². The SMILES string of the molecule is CCCNCC1(c2ccc(Br)cc2)CC2(CCCCC2)C1. The molecule has 0 bridgehead atoms. The van der Waals surface area contributed by atoms with E-state index in [2.05, 4.69) is 52.4 Å². The quantitative estimate of drug-likeness (QED) is 0.698. The smallest absolute Gasteiger partial charge is 0.0175 e. The molecular formula is C19H28BrN. The van der Waals surface area contributed by atoms with Gasteiger partial charge in [0.05, 0.1) is 0 Å². The van der Waals surface area contributed by atoms with Crippen LogP contribution in [0.4, 0.5) is 0 Å². The van der Waals surface area contributed by atoms with Crippen molar-refractivity contribution in [3.05, 3.63) is 34.3 Å². The Morgan fingerprint density at radius 3 is 2.33 bits per heavy atom. The first kappa shape index (κ1) is 15.6. The molecule has 1 nitrogen and oxygen atoms in total. The van der Waals surface area contributed by atoms with Crippen LogP contribution in [-0.4, -0.2) is 13.1 Å². The van der Waals surface area contributed by atoms with E-state index in [4.69, 9.17) is 0 Å². The van der Waals surface area contributed by atoms with Crippen molar-refractivity contribution in [3.63, 3.8) is 0 Å². The Balaban J connectivity index is 1.75. The van der Waals surface area contributed by atoms with Gasteiger partial charge in [0.15, 0.2) is 0 Å². The maximum Gasteiger partial charge on any atom is 0.0175 e. The van der Waals surface area contributed by atoms with Crippen LogP contribution in [0.5, 0.6) is 0 Å². The molecule has 0 aliphatic heterocycles. The van der Waals surface area contributed by atoms with E-state index in [9.17, 15) is 0 Å². The Hall–Kier alpha value is -0.340. The Bertz CT molecular complexity index is 451. The molecule has 2 heteroatoms. The first-order valence-electron chi connectivity index (χ1n) is 8.65. The Kier molecular flexibility index (Phi) is 4.75. The minimum absolute atomic E-state index is 0.396. The van der Waals surface area contributed by atoms with E-state index in [1.807, 2.05) is 0 Å². The van der Waals surface area contributed by atoms with Crippen molar-refractivity contribution in [1.29, 1.82) is 0 Å². The average Bonchev–Trinajstić information content (AvgIpc) is 2.47. The van der Waals surface area contributed by atoms with Gasteiger partial charge < -0.3 is 5.32 Å². The molecule has 3 rings (SSSR count). The third kappa shape index (κ3) is 3.22. The zero-order valence-corrected chi connectivity index (χ0v) is 14.8. The second-order valence-corrected chi connectivity index (χ2v) is 8.29. The molecule has 2 aliphatic carbocycles. The molecule has 0 atom stereocenters. The van der Waals surface area contributed by atoms with Crippen molar-refractivity contribution < 1.29 is 0 Å². The molecule has 2 aliphatic rings. The molecule has 0 unspecified atom stereocenters. The van der Waals surface area contributed by atoms with Gasteiger partial charge in [-0.15, -0.1) is 0 Å². The summed E-state index contributed by atoms with van der Waals surface area (Å²) >= 11 is 3.57. The van der Waals surface area contributed by atoms with Crippen LogP contribution in [0, 0.1) is 5.41 Å². The van der Waals surface area contributed by atoms with Crippen molar-refractivity contribution in [2.45, 2.75) is 63.7 Å². The van der Waals surface area contributed by atoms with Crippen LogP contribution in [0.15, 0.2) is 28.7 Å². The fourth-order valence-electron chi connectivity index (χ4n) is 4.78. The van der Waals surface area contributed by atoms with Crippen molar-refractivity contribution in [2.24, 2.45) is 5.41 Å². The van der Waals surface area contributed by atoms with Crippen molar-refractivity contribution in [1.82, 2.24) is 5.32 Å². The van der Waals surface area contributed by atoms with Gasteiger partial charge in [0.1, 0.15) is 0 Å². The van der Waals surface area contributed by atoms with Crippen molar-refractivity contribution >= 4 is 15.9 Å². The molecule has 0 saturated heterocycles. The zero-order chi connectivity index (χ0) is 14.8. The van der Waals surface area contributed by atoms with Gasteiger partial charge in [-0.05, 0) is 61.8 Å². The van der Waals surface area contributed by atoms with Crippen LogP contribution >= 0.6 is 15.9 Å². The molecule has 0 amide bonds. The molecule has 0 aromatic heterocycles. The minimum atomic E-state index is 0.396. The minimum Gasteiger partial charge on any atom is -0.316 e. The molecule has 116 valence electrons. The van der Waals surface area contributed by atoms with Crippen LogP contribution in [0.25, 0.3) is 0 Å². The summed E-state index contributed by atoms with van der Waals surface area (Å²) in [5.74, 6) is 0. The standard InChI is InChI=1S/C19H28BrN/c1-2-12-21-15-19(16-6-8-17(20)9-7-16)13-18(14-19)10-4-3-5-11-18/h6-9,21H,2-5,10-15H2,1H3. The van der Waals surface area contributed by atoms with E-state index in [-0.39, 0.29) is 0 Å². The lowest BCUT2D eigenvalue weighted by Gasteiger charge is -2.59. The van der Waals surface area contributed by atoms with Crippen LogP contribution in [0.2, 0.25) is 0 Å². The van der Waals surface area contributed by atoms with Gasteiger partial charge >= 0.3 is 0 Å². The highest BCUT2D eigenvalue weighted by molar-refractivity contribution is 9.10. The fraction of sp³-hybridized carbons (Fsp3) is 0.684. The summed E-state index contributed by atoms with van der Waals surface area (Å²) < 4.78 is 1.19. The summed E-state index contributed by atoms with van der Waals surface area (Å²) in [6.07, 6.45) is 11.3. The third-order valence-electron chi connectivity index (χ3n) is 5.69. The lowest BCUT2D eigenvalue weighted by atomic mass is 9.46. The first-order valence-corrected chi connectivity index (χ1v) is 9.44. The van der Waals surface area contributed by atoms with E-state index in [0.29, 0.717) is 10.8 Å². The molecule has 1 spiro atoms. The fourth-order valence-corrected chi connectivity index (χ4v) is 5.04. The van der Waals surface area contributed by atoms with E-state index in [0.717, 1.165) is 13.1 Å². The van der Waals surface area contributed by atoms with Crippen LogP contribution in [-0.2, 0) is 5.41 Å². The number of nitrogens with one attached hydrogen (secondary N) is 1. The van der Waals surface area contributed by atoms with E-state index in [1.165, 1.54) is 55.8 Å². The third-order valence-corrected chi connectivity index (χ3v) is 6.22. The van der Waals surface area contributed by atoms with Crippen molar-refractivity contribution in [3.8, 4) is 0 Å². The van der Waals surface area contributed by atoms with Gasteiger partial charge in [0.25, 0.3) is 0 Å². The van der Waals surface area contributed by atoms with Gasteiger partial charge in [-0.2, -0.15) is 0 Å². The summed E-state index contributed by atoms with van der Waals surface area (Å²) in [4.78, 5) is 0. The normalized spacial score (nSPS) is 23.0. The molecule has 0 radical (unpaired) electrons. The van der Waals surface area contributed by atoms with Crippen LogP contribution in [0.3, 0.4) is 0 Å². The molecule has 1 aromatic rings. The lowest BCUT2D eigenvalue weighted by molar-refractivity contribution is -0.0126. The number of rotatable bonds is 5. The summed E-state index contributed by atoms with van der Waals surface area (Å²) in [5.41, 5.74) is 2.62. The summed E-state index contributed by atoms with van der Waals surface area (Å²) in [6, 6.07) is 9.10. The van der Waals surface area contributed by atoms with Crippen LogP contribution in [0.1, 0.15) is 63.9 Å². The average molecular weight is 350 g/mol. The number of halogens is 1. The number of hydrogen-bond acceptors (Lipinski definition) is 1. The van der Waals surface area contributed by atoms with Gasteiger partial charge in [-0.3, -0.25) is 0 Å². The predicted octanol–water partition coefficient (Wildman–Crippen LogP) is 5.43. The maximum absolute atomic E-state index is 3.70. The van der Waals surface area contributed by atoms with Crippen molar-refractivity contribution in [2.75, 3.05) is 13.1 Å². The van der Waals surface area contributed by atoms with Gasteiger partial charge in [0, 0.05) is 16.4 Å². The maximum atomic E-state index is 3.70. The van der Waals surface area contributed by atoms with E-state index in [1.54, 1.807) is 5.56 Å². The molecule has 2 saturated carbocycles. The highest BCUT2D eigenvalue weighted by atomic mass is 79.9. The Morgan fingerprint density at radius 2 is 1.71 bits per heavy atom. The number of hydrogen-bond donors (Lipinski definition) is 1. The van der Waals surface area contributed by atoms with E-state index < -0.39 is 0 Å². The van der Waals surface area contributed by atoms with Gasteiger partial charge in [-0.1, -0.05) is 54.2 Å². The second-order valence-electron chi connectivity index (χ2n) is 7.38. The largest absolute Gasteiger partial charge is 0.316 e. The van der Waals surface area contributed by atoms with Gasteiger partial charge in [0.2, 0.25) is 0 Å². The zero-order valence-electron chi connectivity index (χ0n) is 13.3. The second kappa shape index (κ2) is 6.42. The Labute approximate surface area is 138 Å². The highest BCUT2D eigenvalue weighted by Gasteiger charge is 2.54. The summed E-state index contributed by atoms with van der Waals surface area (Å²) in [7, 11) is 0.